The fraction of sp³-hybridized carbons (Fsp3) is 0.611. The Kier molecular flexibility index (Phi) is 4.86. The smallest absolute Gasteiger partial charge is 0.260 e. The third-order valence-electron chi connectivity index (χ3n) is 5.26. The highest BCUT2D eigenvalue weighted by molar-refractivity contribution is 7.99. The first-order valence-corrected chi connectivity index (χ1v) is 10.9. The van der Waals surface area contributed by atoms with Gasteiger partial charge in [0.1, 0.15) is 4.83 Å². The minimum atomic E-state index is -0.0503. The molecule has 0 saturated carbocycles. The number of carbonyl (C=O) groups is 1. The van der Waals surface area contributed by atoms with Crippen LogP contribution < -0.4 is 5.56 Å². The molecule has 1 N–H and O–H groups in total. The van der Waals surface area contributed by atoms with Crippen LogP contribution in [0.15, 0.2) is 9.95 Å². The molecule has 1 fully saturated rings. The van der Waals surface area contributed by atoms with Gasteiger partial charge in [-0.05, 0) is 57.4 Å². The molecule has 0 spiro atoms. The Morgan fingerprint density at radius 1 is 1.32 bits per heavy atom. The van der Waals surface area contributed by atoms with E-state index in [-0.39, 0.29) is 11.5 Å². The number of likely N-dealkylation sites (tertiary alicyclic amines) is 1. The second kappa shape index (κ2) is 7.11. The predicted octanol–water partition coefficient (Wildman–Crippen LogP) is 3.36. The van der Waals surface area contributed by atoms with Gasteiger partial charge in [0, 0.05) is 17.5 Å². The van der Waals surface area contributed by atoms with E-state index in [0.717, 1.165) is 48.9 Å². The van der Waals surface area contributed by atoms with Crippen LogP contribution in [0.2, 0.25) is 0 Å². The summed E-state index contributed by atoms with van der Waals surface area (Å²) >= 11 is 3.00. The molecule has 1 aliphatic carbocycles. The number of carbonyl (C=O) groups excluding carboxylic acids is 1. The average molecular weight is 378 g/mol. The molecule has 5 nitrogen and oxygen atoms in total. The molecule has 2 aromatic heterocycles. The highest BCUT2D eigenvalue weighted by atomic mass is 32.2. The van der Waals surface area contributed by atoms with Crippen LogP contribution >= 0.6 is 23.1 Å². The van der Waals surface area contributed by atoms with Crippen LogP contribution in [0.4, 0.5) is 0 Å². The number of aromatic amines is 1. The van der Waals surface area contributed by atoms with Gasteiger partial charge in [0.2, 0.25) is 5.91 Å². The van der Waals surface area contributed by atoms with Crippen LogP contribution in [-0.4, -0.2) is 39.1 Å². The lowest BCUT2D eigenvalue weighted by molar-refractivity contribution is -0.131. The molecule has 0 bridgehead atoms. The summed E-state index contributed by atoms with van der Waals surface area (Å²) in [6.07, 6.45) is 7.76. The van der Waals surface area contributed by atoms with Crippen molar-refractivity contribution in [3.63, 3.8) is 0 Å². The van der Waals surface area contributed by atoms with Crippen molar-refractivity contribution >= 4 is 39.2 Å². The van der Waals surface area contributed by atoms with Crippen molar-refractivity contribution < 1.29 is 4.79 Å². The van der Waals surface area contributed by atoms with Crippen molar-refractivity contribution in [1.29, 1.82) is 0 Å². The molecule has 25 heavy (non-hydrogen) atoms. The quantitative estimate of drug-likeness (QED) is 0.658. The summed E-state index contributed by atoms with van der Waals surface area (Å²) in [4.78, 5) is 36.7. The Morgan fingerprint density at radius 2 is 2.16 bits per heavy atom. The van der Waals surface area contributed by atoms with Crippen molar-refractivity contribution in [1.82, 2.24) is 14.9 Å². The minimum absolute atomic E-state index is 0.0503. The van der Waals surface area contributed by atoms with Crippen LogP contribution in [0.5, 0.6) is 0 Å². The highest BCUT2D eigenvalue weighted by Gasteiger charge is 2.24. The van der Waals surface area contributed by atoms with Gasteiger partial charge < -0.3 is 9.88 Å². The number of nitrogens with one attached hydrogen (secondary N) is 1. The predicted molar refractivity (Wildman–Crippen MR) is 103 cm³/mol. The molecule has 2 aromatic rings. The Hall–Kier alpha value is -1.34. The van der Waals surface area contributed by atoms with Gasteiger partial charge in [0.25, 0.3) is 5.56 Å². The molecule has 0 radical (unpaired) electrons. The Labute approximate surface area is 155 Å². The zero-order valence-electron chi connectivity index (χ0n) is 14.5. The molecule has 1 amide bonds. The number of hydrogen-bond donors (Lipinski definition) is 1. The Morgan fingerprint density at radius 3 is 3.00 bits per heavy atom. The lowest BCUT2D eigenvalue weighted by atomic mass is 9.97. The Bertz CT molecular complexity index is 858. The highest BCUT2D eigenvalue weighted by Crippen LogP contribution is 2.34. The van der Waals surface area contributed by atoms with E-state index in [0.29, 0.717) is 17.0 Å². The van der Waals surface area contributed by atoms with Crippen molar-refractivity contribution in [3.05, 3.63) is 20.8 Å². The van der Waals surface area contributed by atoms with E-state index in [1.165, 1.54) is 35.0 Å². The average Bonchev–Trinajstić information content (AvgIpc) is 2.99. The topological polar surface area (TPSA) is 66.1 Å². The van der Waals surface area contributed by atoms with E-state index in [1.807, 2.05) is 4.90 Å². The maximum atomic E-state index is 12.5. The standard InChI is InChI=1S/C18H23N3O2S2/c1-11-6-4-5-9-21(11)14(22)10-24-18-19-16(23)15-12-7-2-3-8-13(12)25-17(15)20-18/h11H,2-10H2,1H3,(H,19,20,23). The van der Waals surface area contributed by atoms with Gasteiger partial charge in [-0.15, -0.1) is 11.3 Å². The summed E-state index contributed by atoms with van der Waals surface area (Å²) < 4.78 is 0. The van der Waals surface area contributed by atoms with E-state index < -0.39 is 0 Å². The fourth-order valence-corrected chi connectivity index (χ4v) is 5.96. The number of aromatic nitrogens is 2. The van der Waals surface area contributed by atoms with E-state index in [4.69, 9.17) is 0 Å². The van der Waals surface area contributed by atoms with Crippen molar-refractivity contribution in [2.45, 2.75) is 63.1 Å². The van der Waals surface area contributed by atoms with Gasteiger partial charge in [0.15, 0.2) is 5.16 Å². The number of fused-ring (bicyclic) bond motifs is 3. The molecule has 4 rings (SSSR count). The number of piperidine rings is 1. The SMILES string of the molecule is CC1CCCCN1C(=O)CSc1nc2sc3c(c2c(=O)[nH]1)CCCC3. The monoisotopic (exact) mass is 377 g/mol. The van der Waals surface area contributed by atoms with Gasteiger partial charge >= 0.3 is 0 Å². The maximum absolute atomic E-state index is 12.5. The van der Waals surface area contributed by atoms with Gasteiger partial charge in [-0.25, -0.2) is 4.98 Å². The molecule has 1 saturated heterocycles. The minimum Gasteiger partial charge on any atom is -0.339 e. The fourth-order valence-electron chi connectivity index (χ4n) is 3.89. The normalized spacial score (nSPS) is 20.7. The number of H-pyrrole nitrogens is 1. The number of aryl methyl sites for hydroxylation is 2. The number of thiophene rings is 1. The van der Waals surface area contributed by atoms with Gasteiger partial charge in [0.05, 0.1) is 11.1 Å². The third-order valence-corrected chi connectivity index (χ3v) is 7.30. The van der Waals surface area contributed by atoms with E-state index in [9.17, 15) is 9.59 Å². The number of rotatable bonds is 3. The maximum Gasteiger partial charge on any atom is 0.260 e. The molecular formula is C18H23N3O2S2. The van der Waals surface area contributed by atoms with Crippen LogP contribution in [0.25, 0.3) is 10.2 Å². The van der Waals surface area contributed by atoms with Crippen LogP contribution in [0.1, 0.15) is 49.5 Å². The first-order valence-electron chi connectivity index (χ1n) is 9.10. The summed E-state index contributed by atoms with van der Waals surface area (Å²) in [6, 6.07) is 0.320. The molecule has 7 heteroatoms. The molecule has 2 aliphatic rings. The lowest BCUT2D eigenvalue weighted by Gasteiger charge is -2.33. The van der Waals surface area contributed by atoms with E-state index in [2.05, 4.69) is 16.9 Å². The Balaban J connectivity index is 1.52. The second-order valence-corrected chi connectivity index (χ2v) is 9.03. The molecular weight excluding hydrogens is 354 g/mol. The summed E-state index contributed by atoms with van der Waals surface area (Å²) in [7, 11) is 0. The van der Waals surface area contributed by atoms with Crippen molar-refractivity contribution in [2.24, 2.45) is 0 Å². The van der Waals surface area contributed by atoms with Crippen LogP contribution in [-0.2, 0) is 17.6 Å². The largest absolute Gasteiger partial charge is 0.339 e. The molecule has 1 unspecified atom stereocenters. The first-order chi connectivity index (χ1) is 12.1. The number of nitrogens with zero attached hydrogens (tertiary/aromatic N) is 2. The van der Waals surface area contributed by atoms with Crippen molar-refractivity contribution in [3.8, 4) is 0 Å². The summed E-state index contributed by atoms with van der Waals surface area (Å²) in [5.74, 6) is 0.481. The van der Waals surface area contributed by atoms with E-state index in [1.54, 1.807) is 11.3 Å². The summed E-state index contributed by atoms with van der Waals surface area (Å²) in [6.45, 7) is 2.96. The van der Waals surface area contributed by atoms with Gasteiger partial charge in [-0.1, -0.05) is 11.8 Å². The zero-order valence-corrected chi connectivity index (χ0v) is 16.1. The number of hydrogen-bond acceptors (Lipinski definition) is 5. The molecule has 1 atom stereocenters. The second-order valence-electron chi connectivity index (χ2n) is 6.98. The van der Waals surface area contributed by atoms with Crippen molar-refractivity contribution in [2.75, 3.05) is 12.3 Å². The molecule has 1 aliphatic heterocycles. The molecule has 0 aromatic carbocycles. The summed E-state index contributed by atoms with van der Waals surface area (Å²) in [5, 5.41) is 1.34. The number of amides is 1. The lowest BCUT2D eigenvalue weighted by Crippen LogP contribution is -2.43. The van der Waals surface area contributed by atoms with Gasteiger partial charge in [-0.2, -0.15) is 0 Å². The molecule has 3 heterocycles. The third kappa shape index (κ3) is 3.36. The van der Waals surface area contributed by atoms with Crippen LogP contribution in [0, 0.1) is 0 Å². The first kappa shape index (κ1) is 17.1. The number of thioether (sulfide) groups is 1. The van der Waals surface area contributed by atoms with E-state index >= 15 is 0 Å². The molecule has 134 valence electrons. The van der Waals surface area contributed by atoms with Crippen LogP contribution in [0.3, 0.4) is 0 Å². The summed E-state index contributed by atoms with van der Waals surface area (Å²) in [5.41, 5.74) is 1.15. The zero-order chi connectivity index (χ0) is 17.4. The van der Waals surface area contributed by atoms with Gasteiger partial charge in [-0.3, -0.25) is 9.59 Å².